The number of imidazole rings is 1. The van der Waals surface area contributed by atoms with Crippen LogP contribution >= 0.6 is 0 Å². The lowest BCUT2D eigenvalue weighted by Crippen LogP contribution is -2.32. The summed E-state index contributed by atoms with van der Waals surface area (Å²) in [5.74, 6) is 0.593. The molecular formula is C21H18FN5O2. The number of nitrogens with one attached hydrogen (secondary N) is 2. The quantitative estimate of drug-likeness (QED) is 0.532. The zero-order chi connectivity index (χ0) is 19.8. The van der Waals surface area contributed by atoms with Gasteiger partial charge in [-0.15, -0.1) is 0 Å². The number of halogens is 1. The number of carbonyl (C=O) groups is 1. The fraction of sp³-hybridized carbons (Fsp3) is 0.190. The number of furan rings is 1. The van der Waals surface area contributed by atoms with E-state index in [9.17, 15) is 9.18 Å². The van der Waals surface area contributed by atoms with Gasteiger partial charge in [-0.2, -0.15) is 0 Å². The van der Waals surface area contributed by atoms with Crippen LogP contribution in [0.3, 0.4) is 0 Å². The summed E-state index contributed by atoms with van der Waals surface area (Å²) in [5, 5.41) is 2.83. The molecule has 0 radical (unpaired) electrons. The summed E-state index contributed by atoms with van der Waals surface area (Å²) >= 11 is 0. The highest BCUT2D eigenvalue weighted by Crippen LogP contribution is 2.28. The van der Waals surface area contributed by atoms with E-state index in [-0.39, 0.29) is 11.6 Å². The average molecular weight is 391 g/mol. The SMILES string of the molecule is O=C(Nc1ccc(F)c(-c2nc3cc(-c4ccco4)cnc3[nH]2)c1)N1CCCC1. The van der Waals surface area contributed by atoms with Gasteiger partial charge in [-0.1, -0.05) is 0 Å². The first-order valence-corrected chi connectivity index (χ1v) is 9.43. The molecule has 1 aliphatic rings. The van der Waals surface area contributed by atoms with Gasteiger partial charge in [0.05, 0.1) is 11.8 Å². The van der Waals surface area contributed by atoms with Crippen molar-refractivity contribution in [3.05, 3.63) is 54.7 Å². The third kappa shape index (κ3) is 3.33. The molecule has 1 fully saturated rings. The minimum atomic E-state index is -0.436. The molecule has 4 aromatic rings. The fourth-order valence-corrected chi connectivity index (χ4v) is 3.51. The smallest absolute Gasteiger partial charge is 0.321 e. The normalized spacial score (nSPS) is 13.9. The Morgan fingerprint density at radius 3 is 2.86 bits per heavy atom. The van der Waals surface area contributed by atoms with Crippen molar-refractivity contribution in [1.29, 1.82) is 0 Å². The van der Waals surface area contributed by atoms with Crippen molar-refractivity contribution in [3.8, 4) is 22.7 Å². The molecule has 2 N–H and O–H groups in total. The van der Waals surface area contributed by atoms with Crippen molar-refractivity contribution in [3.63, 3.8) is 0 Å². The minimum Gasteiger partial charge on any atom is -0.464 e. The van der Waals surface area contributed by atoms with Crippen LogP contribution in [-0.4, -0.2) is 39.0 Å². The van der Waals surface area contributed by atoms with Gasteiger partial charge in [0.15, 0.2) is 5.65 Å². The predicted molar refractivity (Wildman–Crippen MR) is 107 cm³/mol. The molecule has 0 saturated carbocycles. The number of H-pyrrole nitrogens is 1. The number of anilines is 1. The van der Waals surface area contributed by atoms with Crippen molar-refractivity contribution < 1.29 is 13.6 Å². The molecule has 0 bridgehead atoms. The topological polar surface area (TPSA) is 87.0 Å². The number of nitrogens with zero attached hydrogens (tertiary/aromatic N) is 3. The summed E-state index contributed by atoms with van der Waals surface area (Å²) in [6.07, 6.45) is 5.28. The van der Waals surface area contributed by atoms with Gasteiger partial charge in [0, 0.05) is 30.5 Å². The van der Waals surface area contributed by atoms with E-state index >= 15 is 0 Å². The fourth-order valence-electron chi connectivity index (χ4n) is 3.51. The summed E-state index contributed by atoms with van der Waals surface area (Å²) in [4.78, 5) is 26.0. The second-order valence-corrected chi connectivity index (χ2v) is 6.97. The Kier molecular flexibility index (Phi) is 4.23. The van der Waals surface area contributed by atoms with Gasteiger partial charge in [0.1, 0.15) is 22.9 Å². The van der Waals surface area contributed by atoms with Gasteiger partial charge in [-0.25, -0.2) is 19.2 Å². The number of amides is 2. The number of aromatic nitrogens is 3. The molecule has 3 aromatic heterocycles. The van der Waals surface area contributed by atoms with Gasteiger partial charge in [-0.3, -0.25) is 0 Å². The Hall–Kier alpha value is -3.68. The van der Waals surface area contributed by atoms with Crippen molar-refractivity contribution in [2.24, 2.45) is 0 Å². The standard InChI is InChI=1S/C21H18FN5O2/c22-16-6-5-14(24-21(28)27-7-1-2-8-27)11-15(16)19-25-17-10-13(12-23-20(17)26-19)18-4-3-9-29-18/h3-6,9-12H,1-2,7-8H2,(H,24,28)(H,23,25,26). The lowest BCUT2D eigenvalue weighted by atomic mass is 10.1. The van der Waals surface area contributed by atoms with Gasteiger partial charge in [0.25, 0.3) is 0 Å². The van der Waals surface area contributed by atoms with Crippen molar-refractivity contribution >= 4 is 22.9 Å². The summed E-state index contributed by atoms with van der Waals surface area (Å²) < 4.78 is 19.9. The second-order valence-electron chi connectivity index (χ2n) is 6.97. The summed E-state index contributed by atoms with van der Waals surface area (Å²) in [5.41, 5.74) is 2.71. The van der Waals surface area contributed by atoms with Gasteiger partial charge in [0.2, 0.25) is 0 Å². The van der Waals surface area contributed by atoms with Crippen LogP contribution in [0.4, 0.5) is 14.9 Å². The van der Waals surface area contributed by atoms with Gasteiger partial charge in [-0.05, 0) is 49.2 Å². The van der Waals surface area contributed by atoms with E-state index in [1.54, 1.807) is 35.6 Å². The maximum Gasteiger partial charge on any atom is 0.321 e. The molecule has 0 aliphatic carbocycles. The van der Waals surface area contributed by atoms with E-state index in [4.69, 9.17) is 4.42 Å². The molecule has 0 spiro atoms. The molecule has 2 amide bonds. The molecule has 0 atom stereocenters. The Morgan fingerprint density at radius 1 is 1.21 bits per heavy atom. The van der Waals surface area contributed by atoms with E-state index in [0.29, 0.717) is 28.4 Å². The first-order valence-electron chi connectivity index (χ1n) is 9.43. The van der Waals surface area contributed by atoms with Gasteiger partial charge >= 0.3 is 6.03 Å². The number of urea groups is 1. The zero-order valence-corrected chi connectivity index (χ0v) is 15.5. The van der Waals surface area contributed by atoms with E-state index in [2.05, 4.69) is 20.3 Å². The number of likely N-dealkylation sites (tertiary alicyclic amines) is 1. The number of hydrogen-bond donors (Lipinski definition) is 2. The average Bonchev–Trinajstić information content (AvgIpc) is 3.49. The number of fused-ring (bicyclic) bond motifs is 1. The maximum absolute atomic E-state index is 14.5. The summed E-state index contributed by atoms with van der Waals surface area (Å²) in [7, 11) is 0. The molecule has 0 unspecified atom stereocenters. The van der Waals surface area contributed by atoms with Crippen molar-refractivity contribution in [2.75, 3.05) is 18.4 Å². The van der Waals surface area contributed by atoms with E-state index < -0.39 is 5.82 Å². The molecule has 8 heteroatoms. The molecule has 1 aliphatic heterocycles. The van der Waals surface area contributed by atoms with Gasteiger partial charge < -0.3 is 19.6 Å². The van der Waals surface area contributed by atoms with E-state index in [0.717, 1.165) is 31.5 Å². The first-order chi connectivity index (χ1) is 14.2. The predicted octanol–water partition coefficient (Wildman–Crippen LogP) is 4.65. The van der Waals surface area contributed by atoms with Crippen LogP contribution in [0.5, 0.6) is 0 Å². The minimum absolute atomic E-state index is 0.172. The summed E-state index contributed by atoms with van der Waals surface area (Å²) in [6.45, 7) is 1.49. The second kappa shape index (κ2) is 7.05. The third-order valence-corrected chi connectivity index (χ3v) is 5.01. The van der Waals surface area contributed by atoms with Crippen LogP contribution < -0.4 is 5.32 Å². The number of aromatic amines is 1. The zero-order valence-electron chi connectivity index (χ0n) is 15.5. The number of benzene rings is 1. The molecule has 146 valence electrons. The Bertz CT molecular complexity index is 1180. The third-order valence-electron chi connectivity index (χ3n) is 5.01. The maximum atomic E-state index is 14.5. The molecule has 7 nitrogen and oxygen atoms in total. The van der Waals surface area contributed by atoms with E-state index in [1.165, 1.54) is 6.07 Å². The monoisotopic (exact) mass is 391 g/mol. The number of hydrogen-bond acceptors (Lipinski definition) is 4. The van der Waals surface area contributed by atoms with Crippen LogP contribution in [0.1, 0.15) is 12.8 Å². The molecule has 1 saturated heterocycles. The van der Waals surface area contributed by atoms with Crippen LogP contribution in [0, 0.1) is 5.82 Å². The highest BCUT2D eigenvalue weighted by atomic mass is 19.1. The highest BCUT2D eigenvalue weighted by molar-refractivity contribution is 5.90. The van der Waals surface area contributed by atoms with Crippen LogP contribution in [-0.2, 0) is 0 Å². The molecule has 4 heterocycles. The van der Waals surface area contributed by atoms with Crippen molar-refractivity contribution in [2.45, 2.75) is 12.8 Å². The van der Waals surface area contributed by atoms with Crippen LogP contribution in [0.25, 0.3) is 33.9 Å². The van der Waals surface area contributed by atoms with Crippen LogP contribution in [0.2, 0.25) is 0 Å². The lowest BCUT2D eigenvalue weighted by molar-refractivity contribution is 0.222. The van der Waals surface area contributed by atoms with Crippen molar-refractivity contribution in [1.82, 2.24) is 19.9 Å². The highest BCUT2D eigenvalue weighted by Gasteiger charge is 2.19. The molecular weight excluding hydrogens is 373 g/mol. The Balaban J connectivity index is 1.46. The number of rotatable bonds is 3. The molecule has 5 rings (SSSR count). The largest absolute Gasteiger partial charge is 0.464 e. The Morgan fingerprint density at radius 2 is 2.07 bits per heavy atom. The lowest BCUT2D eigenvalue weighted by Gasteiger charge is -2.16. The number of pyridine rings is 1. The number of carbonyl (C=O) groups excluding carboxylic acids is 1. The molecule has 1 aromatic carbocycles. The summed E-state index contributed by atoms with van der Waals surface area (Å²) in [6, 6.07) is 9.74. The van der Waals surface area contributed by atoms with Crippen LogP contribution in [0.15, 0.2) is 53.3 Å². The Labute approximate surface area is 165 Å². The molecule has 29 heavy (non-hydrogen) atoms. The van der Waals surface area contributed by atoms with E-state index in [1.807, 2.05) is 12.1 Å². The first kappa shape index (κ1) is 17.4.